The first-order valence-corrected chi connectivity index (χ1v) is 5.01. The summed E-state index contributed by atoms with van der Waals surface area (Å²) in [6, 6.07) is 3.86. The van der Waals surface area contributed by atoms with Crippen LogP contribution in [0.1, 0.15) is 16.7 Å². The van der Waals surface area contributed by atoms with Crippen LogP contribution in [-0.2, 0) is 11.2 Å². The van der Waals surface area contributed by atoms with Crippen LogP contribution in [0.5, 0.6) is 5.75 Å². The number of carbonyl (C=O) groups is 1. The third kappa shape index (κ3) is 2.63. The monoisotopic (exact) mass is 220 g/mol. The Bertz CT molecular complexity index is 433. The molecule has 0 aliphatic carbocycles. The van der Waals surface area contributed by atoms with Crippen LogP contribution >= 0.6 is 0 Å². The van der Waals surface area contributed by atoms with Crippen LogP contribution in [0.4, 0.5) is 0 Å². The Hall–Kier alpha value is -1.77. The fraction of sp³-hybridized carbons (Fsp3) is 0.308. The molecule has 86 valence electrons. The first-order chi connectivity index (χ1) is 7.45. The summed E-state index contributed by atoms with van der Waals surface area (Å²) < 4.78 is 5.19. The van der Waals surface area contributed by atoms with Crippen molar-refractivity contribution in [3.05, 3.63) is 41.0 Å². The normalized spacial score (nSPS) is 9.94. The zero-order valence-corrected chi connectivity index (χ0v) is 9.83. The summed E-state index contributed by atoms with van der Waals surface area (Å²) in [5.41, 5.74) is 3.20. The molecule has 0 aliphatic rings. The quantitative estimate of drug-likeness (QED) is 0.793. The fourth-order valence-electron chi connectivity index (χ4n) is 1.57. The average Bonchev–Trinajstić information content (AvgIpc) is 2.22. The maximum Gasteiger partial charge on any atom is 0.331 e. The Morgan fingerprint density at radius 1 is 1.38 bits per heavy atom. The third-order valence-electron chi connectivity index (χ3n) is 2.56. The second-order valence-corrected chi connectivity index (χ2v) is 3.83. The molecule has 0 saturated carbocycles. The lowest BCUT2D eigenvalue weighted by molar-refractivity contribution is -0.132. The summed E-state index contributed by atoms with van der Waals surface area (Å²) in [5, 5.41) is 8.78. The first kappa shape index (κ1) is 12.3. The highest BCUT2D eigenvalue weighted by atomic mass is 16.5. The van der Waals surface area contributed by atoms with E-state index in [2.05, 4.69) is 6.58 Å². The van der Waals surface area contributed by atoms with Gasteiger partial charge in [0.15, 0.2) is 0 Å². The molecule has 0 saturated heterocycles. The molecule has 16 heavy (non-hydrogen) atoms. The summed E-state index contributed by atoms with van der Waals surface area (Å²) in [5.74, 6) is -0.130. The molecule has 0 aromatic heterocycles. The molecule has 1 aromatic carbocycles. The van der Waals surface area contributed by atoms with Crippen LogP contribution in [0, 0.1) is 13.8 Å². The number of carboxylic acid groups (broad SMARTS) is 1. The third-order valence-corrected chi connectivity index (χ3v) is 2.56. The molecule has 1 aromatic rings. The van der Waals surface area contributed by atoms with Gasteiger partial charge in [0, 0.05) is 12.0 Å². The van der Waals surface area contributed by atoms with Crippen LogP contribution in [0.2, 0.25) is 0 Å². The van der Waals surface area contributed by atoms with Gasteiger partial charge in [-0.2, -0.15) is 0 Å². The molecule has 0 radical (unpaired) electrons. The van der Waals surface area contributed by atoms with Crippen molar-refractivity contribution in [1.82, 2.24) is 0 Å². The molecule has 3 heteroatoms. The molecule has 0 bridgehead atoms. The molecule has 0 amide bonds. The van der Waals surface area contributed by atoms with E-state index < -0.39 is 5.97 Å². The number of hydrogen-bond donors (Lipinski definition) is 1. The molecule has 0 fully saturated rings. The topological polar surface area (TPSA) is 46.5 Å². The number of carboxylic acids is 1. The molecule has 1 N–H and O–H groups in total. The molecule has 0 heterocycles. The highest BCUT2D eigenvalue weighted by molar-refractivity contribution is 5.86. The Morgan fingerprint density at radius 3 is 2.50 bits per heavy atom. The minimum atomic E-state index is -0.951. The average molecular weight is 220 g/mol. The van der Waals surface area contributed by atoms with Gasteiger partial charge in [-0.3, -0.25) is 0 Å². The van der Waals surface area contributed by atoms with Crippen molar-refractivity contribution in [2.75, 3.05) is 7.11 Å². The fourth-order valence-corrected chi connectivity index (χ4v) is 1.57. The molecular formula is C13H16O3. The second kappa shape index (κ2) is 4.84. The van der Waals surface area contributed by atoms with Crippen LogP contribution in [0.15, 0.2) is 24.3 Å². The van der Waals surface area contributed by atoms with Crippen molar-refractivity contribution in [3.8, 4) is 5.75 Å². The van der Waals surface area contributed by atoms with E-state index in [1.54, 1.807) is 7.11 Å². The van der Waals surface area contributed by atoms with E-state index >= 15 is 0 Å². The van der Waals surface area contributed by atoms with Crippen LogP contribution in [-0.4, -0.2) is 18.2 Å². The molecule has 0 atom stereocenters. The van der Waals surface area contributed by atoms with E-state index in [1.807, 2.05) is 26.0 Å². The standard InChI is InChI=1S/C13H16O3/c1-8-7-12(16-4)9(2)5-11(8)6-10(3)13(14)15/h5,7H,3,6H2,1-2,4H3,(H,14,15). The maximum atomic E-state index is 10.7. The number of rotatable bonds is 4. The molecule has 0 unspecified atom stereocenters. The lowest BCUT2D eigenvalue weighted by Crippen LogP contribution is -2.04. The zero-order valence-electron chi connectivity index (χ0n) is 9.83. The van der Waals surface area contributed by atoms with Gasteiger partial charge < -0.3 is 9.84 Å². The Kier molecular flexibility index (Phi) is 3.72. The number of aryl methyl sites for hydroxylation is 2. The predicted molar refractivity (Wildman–Crippen MR) is 62.9 cm³/mol. The number of benzene rings is 1. The number of methoxy groups -OCH3 is 1. The van der Waals surface area contributed by atoms with Crippen LogP contribution in [0.25, 0.3) is 0 Å². The predicted octanol–water partition coefficient (Wildman–Crippen LogP) is 2.50. The van der Waals surface area contributed by atoms with Crippen LogP contribution in [0.3, 0.4) is 0 Å². The SMILES string of the molecule is C=C(Cc1cc(C)c(OC)cc1C)C(=O)O. The summed E-state index contributed by atoms with van der Waals surface area (Å²) in [6.07, 6.45) is 0.367. The Labute approximate surface area is 95.4 Å². The minimum Gasteiger partial charge on any atom is -0.496 e. The van der Waals surface area contributed by atoms with Crippen molar-refractivity contribution in [3.63, 3.8) is 0 Å². The van der Waals surface area contributed by atoms with Gasteiger partial charge in [0.1, 0.15) is 5.75 Å². The van der Waals surface area contributed by atoms with Crippen molar-refractivity contribution in [1.29, 1.82) is 0 Å². The number of hydrogen-bond acceptors (Lipinski definition) is 2. The molecule has 1 rings (SSSR count). The van der Waals surface area contributed by atoms with Gasteiger partial charge in [0.2, 0.25) is 0 Å². The lowest BCUT2D eigenvalue weighted by atomic mass is 9.98. The summed E-state index contributed by atoms with van der Waals surface area (Å²) in [7, 11) is 1.62. The lowest BCUT2D eigenvalue weighted by Gasteiger charge is -2.11. The summed E-state index contributed by atoms with van der Waals surface area (Å²) in [4.78, 5) is 10.7. The van der Waals surface area contributed by atoms with Crippen LogP contribution < -0.4 is 4.74 Å². The van der Waals surface area contributed by atoms with Gasteiger partial charge in [0.05, 0.1) is 7.11 Å². The van der Waals surface area contributed by atoms with Gasteiger partial charge in [-0.25, -0.2) is 4.79 Å². The molecule has 0 spiro atoms. The molecule has 0 aliphatic heterocycles. The highest BCUT2D eigenvalue weighted by Crippen LogP contribution is 2.23. The molecule has 3 nitrogen and oxygen atoms in total. The van der Waals surface area contributed by atoms with E-state index in [1.165, 1.54) is 0 Å². The van der Waals surface area contributed by atoms with Gasteiger partial charge in [-0.05, 0) is 36.6 Å². The summed E-state index contributed by atoms with van der Waals surface area (Å²) >= 11 is 0. The highest BCUT2D eigenvalue weighted by Gasteiger charge is 2.09. The second-order valence-electron chi connectivity index (χ2n) is 3.83. The van der Waals surface area contributed by atoms with Crippen molar-refractivity contribution >= 4 is 5.97 Å². The number of ether oxygens (including phenoxy) is 1. The van der Waals surface area contributed by atoms with E-state index in [4.69, 9.17) is 9.84 Å². The van der Waals surface area contributed by atoms with Gasteiger partial charge in [0.25, 0.3) is 0 Å². The van der Waals surface area contributed by atoms with Crippen molar-refractivity contribution in [2.24, 2.45) is 0 Å². The van der Waals surface area contributed by atoms with E-state index in [9.17, 15) is 4.79 Å². The van der Waals surface area contributed by atoms with Gasteiger partial charge >= 0.3 is 5.97 Å². The molecular weight excluding hydrogens is 204 g/mol. The largest absolute Gasteiger partial charge is 0.496 e. The first-order valence-electron chi connectivity index (χ1n) is 5.01. The van der Waals surface area contributed by atoms with Crippen molar-refractivity contribution in [2.45, 2.75) is 20.3 Å². The smallest absolute Gasteiger partial charge is 0.331 e. The summed E-state index contributed by atoms with van der Waals surface area (Å²) in [6.45, 7) is 7.40. The van der Waals surface area contributed by atoms with E-state index in [0.29, 0.717) is 6.42 Å². The Balaban J connectivity index is 3.02. The maximum absolute atomic E-state index is 10.7. The van der Waals surface area contributed by atoms with Gasteiger partial charge in [-0.15, -0.1) is 0 Å². The number of aliphatic carboxylic acids is 1. The van der Waals surface area contributed by atoms with E-state index in [0.717, 1.165) is 22.4 Å². The zero-order chi connectivity index (χ0) is 12.3. The Morgan fingerprint density at radius 2 is 2.00 bits per heavy atom. The van der Waals surface area contributed by atoms with Crippen molar-refractivity contribution < 1.29 is 14.6 Å². The van der Waals surface area contributed by atoms with E-state index in [-0.39, 0.29) is 5.57 Å². The minimum absolute atomic E-state index is 0.202. The van der Waals surface area contributed by atoms with Gasteiger partial charge in [-0.1, -0.05) is 12.6 Å².